The predicted octanol–water partition coefficient (Wildman–Crippen LogP) is 3.58. The molecule has 2 N–H and O–H groups in total. The van der Waals surface area contributed by atoms with E-state index in [9.17, 15) is 18.0 Å². The highest BCUT2D eigenvalue weighted by Crippen LogP contribution is 2.46. The van der Waals surface area contributed by atoms with Gasteiger partial charge >= 0.3 is 12.1 Å². The van der Waals surface area contributed by atoms with E-state index in [1.54, 1.807) is 7.05 Å². The van der Waals surface area contributed by atoms with E-state index in [-0.39, 0.29) is 17.4 Å². The fourth-order valence-corrected chi connectivity index (χ4v) is 5.00. The maximum Gasteiger partial charge on any atom is 0.490 e. The molecule has 1 atom stereocenters. The molecule has 3 aliphatic heterocycles. The molecule has 1 aromatic carbocycles. The summed E-state index contributed by atoms with van der Waals surface area (Å²) in [6.45, 7) is 5.21. The summed E-state index contributed by atoms with van der Waals surface area (Å²) in [7, 11) is 1.72. The van der Waals surface area contributed by atoms with Gasteiger partial charge in [-0.05, 0) is 49.7 Å². The predicted molar refractivity (Wildman–Crippen MR) is 119 cm³/mol. The number of piperidine rings is 1. The molecule has 4 rings (SSSR count). The first-order chi connectivity index (χ1) is 16.1. The number of benzene rings is 1. The number of alkyl halides is 3. The molecule has 0 saturated carbocycles. The van der Waals surface area contributed by atoms with Crippen LogP contribution >= 0.6 is 0 Å². The van der Waals surface area contributed by atoms with Crippen molar-refractivity contribution in [3.05, 3.63) is 29.8 Å². The number of carboxylic acid groups (broad SMARTS) is 1. The van der Waals surface area contributed by atoms with Crippen LogP contribution in [0.2, 0.25) is 0 Å². The number of halogens is 3. The van der Waals surface area contributed by atoms with Crippen molar-refractivity contribution in [2.75, 3.05) is 39.9 Å². The van der Waals surface area contributed by atoms with Gasteiger partial charge in [-0.25, -0.2) is 4.79 Å². The van der Waals surface area contributed by atoms with Gasteiger partial charge in [-0.2, -0.15) is 13.2 Å². The van der Waals surface area contributed by atoms with E-state index < -0.39 is 12.1 Å². The van der Waals surface area contributed by atoms with Crippen LogP contribution in [0.15, 0.2) is 24.3 Å². The van der Waals surface area contributed by atoms with Gasteiger partial charge in [0, 0.05) is 52.2 Å². The number of nitrogens with one attached hydrogen (secondary N) is 1. The summed E-state index contributed by atoms with van der Waals surface area (Å²) in [5.74, 6) is -0.634. The highest BCUT2D eigenvalue weighted by molar-refractivity contribution is 5.76. The summed E-state index contributed by atoms with van der Waals surface area (Å²) in [5, 5.41) is 9.91. The number of rotatable bonds is 4. The average Bonchev–Trinajstić information content (AvgIpc) is 2.81. The minimum Gasteiger partial charge on any atom is -0.487 e. The first kappa shape index (κ1) is 26.3. The third-order valence-electron chi connectivity index (χ3n) is 6.88. The van der Waals surface area contributed by atoms with Crippen molar-refractivity contribution < 1.29 is 37.3 Å². The van der Waals surface area contributed by atoms with Crippen LogP contribution in [0.25, 0.3) is 0 Å². The van der Waals surface area contributed by atoms with Gasteiger partial charge in [0.15, 0.2) is 0 Å². The van der Waals surface area contributed by atoms with Crippen LogP contribution in [0.3, 0.4) is 0 Å². The number of amides is 1. The van der Waals surface area contributed by atoms with Crippen LogP contribution in [-0.4, -0.2) is 73.6 Å². The van der Waals surface area contributed by atoms with Gasteiger partial charge in [0.25, 0.3) is 0 Å². The number of likely N-dealkylation sites (tertiary alicyclic amines) is 1. The van der Waals surface area contributed by atoms with E-state index in [1.807, 2.05) is 12.1 Å². The summed E-state index contributed by atoms with van der Waals surface area (Å²) < 4.78 is 43.8. The van der Waals surface area contributed by atoms with E-state index in [4.69, 9.17) is 19.4 Å². The summed E-state index contributed by atoms with van der Waals surface area (Å²) in [4.78, 5) is 23.6. The van der Waals surface area contributed by atoms with Crippen molar-refractivity contribution in [2.45, 2.75) is 56.2 Å². The molecule has 0 aliphatic carbocycles. The monoisotopic (exact) mass is 486 g/mol. The number of hydrogen-bond donors (Lipinski definition) is 2. The molecule has 2 fully saturated rings. The van der Waals surface area contributed by atoms with Crippen LogP contribution in [0, 0.1) is 5.92 Å². The maximum atomic E-state index is 12.1. The fourth-order valence-electron chi connectivity index (χ4n) is 5.00. The van der Waals surface area contributed by atoms with Gasteiger partial charge in [0.2, 0.25) is 5.91 Å². The molecule has 1 aromatic rings. The number of hydrogen-bond acceptors (Lipinski definition) is 5. The second-order valence-electron chi connectivity index (χ2n) is 9.26. The Balaban J connectivity index is 0.000000406. The molecule has 1 spiro atoms. The lowest BCUT2D eigenvalue weighted by Crippen LogP contribution is -2.51. The quantitative estimate of drug-likeness (QED) is 0.677. The number of carboxylic acids is 1. The molecule has 34 heavy (non-hydrogen) atoms. The Bertz CT molecular complexity index is 834. The van der Waals surface area contributed by atoms with Crippen molar-refractivity contribution in [3.8, 4) is 5.75 Å². The topological polar surface area (TPSA) is 88.1 Å². The third-order valence-corrected chi connectivity index (χ3v) is 6.88. The molecule has 10 heteroatoms. The molecular weight excluding hydrogens is 453 g/mol. The lowest BCUT2D eigenvalue weighted by atomic mass is 9.76. The minimum absolute atomic E-state index is 0.112. The highest BCUT2D eigenvalue weighted by Gasteiger charge is 2.43. The fraction of sp³-hybridized carbons (Fsp3) is 0.667. The summed E-state index contributed by atoms with van der Waals surface area (Å²) in [5.41, 5.74) is 1.08. The number of nitrogens with zero attached hydrogens (tertiary/aromatic N) is 1. The Morgan fingerprint density at radius 3 is 2.38 bits per heavy atom. The van der Waals surface area contributed by atoms with Crippen molar-refractivity contribution in [1.29, 1.82) is 0 Å². The zero-order chi connectivity index (χ0) is 24.8. The molecule has 2 saturated heterocycles. The lowest BCUT2D eigenvalue weighted by molar-refractivity contribution is -0.192. The summed E-state index contributed by atoms with van der Waals surface area (Å²) >= 11 is 0. The number of aliphatic carboxylic acids is 1. The Kier molecular flexibility index (Phi) is 8.81. The molecule has 3 aliphatic rings. The largest absolute Gasteiger partial charge is 0.490 e. The van der Waals surface area contributed by atoms with Crippen molar-refractivity contribution in [2.24, 2.45) is 5.92 Å². The second-order valence-corrected chi connectivity index (χ2v) is 9.26. The van der Waals surface area contributed by atoms with Gasteiger partial charge in [-0.15, -0.1) is 0 Å². The lowest BCUT2D eigenvalue weighted by Gasteiger charge is -2.47. The first-order valence-corrected chi connectivity index (χ1v) is 11.7. The zero-order valence-electron chi connectivity index (χ0n) is 19.4. The van der Waals surface area contributed by atoms with E-state index in [0.717, 1.165) is 57.2 Å². The van der Waals surface area contributed by atoms with Crippen molar-refractivity contribution in [3.63, 3.8) is 0 Å². The molecular formula is C24H33F3N2O5. The Morgan fingerprint density at radius 1 is 1.18 bits per heavy atom. The number of carbonyl (C=O) groups excluding carboxylic acids is 1. The third kappa shape index (κ3) is 7.09. The van der Waals surface area contributed by atoms with Gasteiger partial charge < -0.3 is 24.8 Å². The average molecular weight is 487 g/mol. The molecule has 7 nitrogen and oxygen atoms in total. The van der Waals surface area contributed by atoms with Crippen LogP contribution in [-0.2, 0) is 14.3 Å². The number of para-hydroxylation sites is 1. The molecule has 0 bridgehead atoms. The van der Waals surface area contributed by atoms with Crippen LogP contribution in [0.4, 0.5) is 13.2 Å². The SMILES string of the molecule is CNC(=O)CC1CC2(CCN(CC3CCOCC3)CC2)Oc2ccccc21.O=C(O)C(F)(F)F. The van der Waals surface area contributed by atoms with Crippen LogP contribution in [0.5, 0.6) is 5.75 Å². The normalized spacial score (nSPS) is 22.6. The van der Waals surface area contributed by atoms with E-state index in [0.29, 0.717) is 6.42 Å². The van der Waals surface area contributed by atoms with E-state index in [1.165, 1.54) is 24.9 Å². The first-order valence-electron chi connectivity index (χ1n) is 11.7. The molecule has 1 amide bonds. The molecule has 1 unspecified atom stereocenters. The molecule has 0 aromatic heterocycles. The van der Waals surface area contributed by atoms with Crippen LogP contribution < -0.4 is 10.1 Å². The van der Waals surface area contributed by atoms with Crippen LogP contribution in [0.1, 0.15) is 50.0 Å². The maximum absolute atomic E-state index is 12.1. The Hall–Kier alpha value is -2.33. The smallest absolute Gasteiger partial charge is 0.487 e. The van der Waals surface area contributed by atoms with Crippen molar-refractivity contribution >= 4 is 11.9 Å². The number of ether oxygens (including phenoxy) is 2. The number of carbonyl (C=O) groups is 2. The summed E-state index contributed by atoms with van der Waals surface area (Å²) in [6.07, 6.45) is 0.899. The van der Waals surface area contributed by atoms with Gasteiger partial charge in [-0.3, -0.25) is 4.79 Å². The Morgan fingerprint density at radius 2 is 1.79 bits per heavy atom. The highest BCUT2D eigenvalue weighted by atomic mass is 19.4. The van der Waals surface area contributed by atoms with E-state index >= 15 is 0 Å². The Labute approximate surface area is 197 Å². The molecule has 3 heterocycles. The van der Waals surface area contributed by atoms with Gasteiger partial charge in [0.05, 0.1) is 0 Å². The van der Waals surface area contributed by atoms with Crippen molar-refractivity contribution in [1.82, 2.24) is 10.2 Å². The number of fused-ring (bicyclic) bond motifs is 1. The standard InChI is InChI=1S/C22H32N2O3.C2HF3O2/c1-23-21(25)14-18-15-22(27-20-5-3-2-4-19(18)20)8-10-24(11-9-22)16-17-6-12-26-13-7-17;3-2(4,5)1(6)7/h2-5,17-18H,6-16H2,1H3,(H,23,25);(H,6,7). The molecule has 190 valence electrons. The minimum atomic E-state index is -5.08. The second kappa shape index (κ2) is 11.4. The van der Waals surface area contributed by atoms with E-state index in [2.05, 4.69) is 22.3 Å². The molecule has 0 radical (unpaired) electrons. The van der Waals surface area contributed by atoms with Gasteiger partial charge in [0.1, 0.15) is 11.4 Å². The van der Waals surface area contributed by atoms with Gasteiger partial charge in [-0.1, -0.05) is 18.2 Å². The zero-order valence-corrected chi connectivity index (χ0v) is 19.4. The summed E-state index contributed by atoms with van der Waals surface area (Å²) in [6, 6.07) is 8.28.